The summed E-state index contributed by atoms with van der Waals surface area (Å²) >= 11 is 0. The van der Waals surface area contributed by atoms with Crippen molar-refractivity contribution in [2.75, 3.05) is 13.1 Å². The number of fused-ring (bicyclic) bond motifs is 1. The molecule has 2 bridgehead atoms. The first kappa shape index (κ1) is 17.2. The first-order valence-corrected chi connectivity index (χ1v) is 9.06. The highest BCUT2D eigenvalue weighted by Gasteiger charge is 2.63. The molecule has 1 aromatic rings. The molecular weight excluding hydrogens is 339 g/mol. The average Bonchev–Trinajstić information content (AvgIpc) is 3.25. The molecule has 3 saturated heterocycles. The minimum absolute atomic E-state index is 0.0559. The highest BCUT2D eigenvalue weighted by Crippen LogP contribution is 2.57. The molecule has 1 aliphatic carbocycles. The summed E-state index contributed by atoms with van der Waals surface area (Å²) in [5.41, 5.74) is -0.312. The maximum Gasteiger partial charge on any atom is 0.408 e. The van der Waals surface area contributed by atoms with Crippen LogP contribution in [-0.4, -0.2) is 50.9 Å². The Bertz CT molecular complexity index is 744. The molecule has 1 aromatic carbocycles. The summed E-state index contributed by atoms with van der Waals surface area (Å²) in [5.74, 6) is -0.581. The van der Waals surface area contributed by atoms with E-state index < -0.39 is 29.6 Å². The molecule has 3 heterocycles. The van der Waals surface area contributed by atoms with Crippen molar-refractivity contribution >= 4 is 11.8 Å². The molecule has 140 valence electrons. The molecule has 0 spiro atoms. The van der Waals surface area contributed by atoms with Crippen LogP contribution in [0.2, 0.25) is 0 Å². The number of hydrogen-bond acceptors (Lipinski definition) is 4. The fourth-order valence-corrected chi connectivity index (χ4v) is 4.76. The third-order valence-electron chi connectivity index (χ3n) is 5.98. The first-order valence-electron chi connectivity index (χ1n) is 9.06. The third-order valence-corrected chi connectivity index (χ3v) is 5.98. The maximum atomic E-state index is 14.9. The molecule has 2 atom stereocenters. The monoisotopic (exact) mass is 362 g/mol. The van der Waals surface area contributed by atoms with Gasteiger partial charge < -0.3 is 10.2 Å². The largest absolute Gasteiger partial charge is 0.465 e. The molecule has 1 saturated carbocycles. The molecular formula is C18H23FN4O3. The van der Waals surface area contributed by atoms with Gasteiger partial charge in [-0.25, -0.2) is 9.18 Å². The maximum absolute atomic E-state index is 14.9. The number of nitrogens with zero attached hydrogens (tertiary/aromatic N) is 4. The number of hydrogen-bond donors (Lipinski definition) is 2. The molecule has 26 heavy (non-hydrogen) atoms. The zero-order valence-electron chi connectivity index (χ0n) is 14.7. The van der Waals surface area contributed by atoms with Gasteiger partial charge in [0.1, 0.15) is 11.8 Å². The van der Waals surface area contributed by atoms with Crippen LogP contribution < -0.4 is 0 Å². The Balaban J connectivity index is 1.59. The molecule has 4 aliphatic rings. The van der Waals surface area contributed by atoms with Gasteiger partial charge in [-0.15, -0.1) is 5.11 Å². The zero-order chi connectivity index (χ0) is 18.5. The highest BCUT2D eigenvalue weighted by molar-refractivity contribution is 5.68. The van der Waals surface area contributed by atoms with Crippen LogP contribution in [0, 0.1) is 11.7 Å². The highest BCUT2D eigenvalue weighted by atomic mass is 19.1. The summed E-state index contributed by atoms with van der Waals surface area (Å²) in [7, 11) is 0. The summed E-state index contributed by atoms with van der Waals surface area (Å²) in [6, 6.07) is 3.99. The lowest BCUT2D eigenvalue weighted by Crippen LogP contribution is -2.47. The normalized spacial score (nSPS) is 31.5. The van der Waals surface area contributed by atoms with Crippen molar-refractivity contribution in [3.05, 3.63) is 29.6 Å². The van der Waals surface area contributed by atoms with Gasteiger partial charge in [0.15, 0.2) is 5.82 Å². The van der Waals surface area contributed by atoms with Gasteiger partial charge >= 0.3 is 6.09 Å². The van der Waals surface area contributed by atoms with Crippen molar-refractivity contribution in [3.63, 3.8) is 0 Å². The van der Waals surface area contributed by atoms with E-state index in [9.17, 15) is 19.4 Å². The molecule has 7 nitrogen and oxygen atoms in total. The van der Waals surface area contributed by atoms with Gasteiger partial charge in [0.25, 0.3) is 0 Å². The molecule has 0 radical (unpaired) electrons. The molecule has 8 heteroatoms. The van der Waals surface area contributed by atoms with Gasteiger partial charge in [0.05, 0.1) is 6.04 Å². The number of rotatable bonds is 4. The van der Waals surface area contributed by atoms with Crippen LogP contribution in [0.1, 0.15) is 44.3 Å². The molecule has 5 rings (SSSR count). The van der Waals surface area contributed by atoms with Gasteiger partial charge in [0.2, 0.25) is 0 Å². The predicted molar refractivity (Wildman–Crippen MR) is 91.5 cm³/mol. The molecule has 0 unspecified atom stereocenters. The summed E-state index contributed by atoms with van der Waals surface area (Å²) < 4.78 is 14.9. The Morgan fingerprint density at radius 2 is 2.04 bits per heavy atom. The number of carboxylic acid groups (broad SMARTS) is 1. The fourth-order valence-electron chi connectivity index (χ4n) is 4.76. The van der Waals surface area contributed by atoms with E-state index in [1.54, 1.807) is 11.1 Å². The van der Waals surface area contributed by atoms with Gasteiger partial charge in [0, 0.05) is 24.2 Å². The lowest BCUT2D eigenvalue weighted by atomic mass is 9.72. The average molecular weight is 362 g/mol. The van der Waals surface area contributed by atoms with E-state index in [2.05, 4.69) is 10.3 Å². The quantitative estimate of drug-likeness (QED) is 0.803. The van der Waals surface area contributed by atoms with E-state index in [4.69, 9.17) is 0 Å². The van der Waals surface area contributed by atoms with Crippen molar-refractivity contribution in [1.82, 2.24) is 9.91 Å². The summed E-state index contributed by atoms with van der Waals surface area (Å²) in [5, 5.41) is 30.2. The number of aliphatic hydroxyl groups excluding tert-OH is 1. The van der Waals surface area contributed by atoms with Gasteiger partial charge in [-0.05, 0) is 44.6 Å². The van der Waals surface area contributed by atoms with Crippen molar-refractivity contribution in [3.8, 4) is 0 Å². The second kappa shape index (κ2) is 6.19. The van der Waals surface area contributed by atoms with Crippen LogP contribution in [0.5, 0.6) is 0 Å². The predicted octanol–water partition coefficient (Wildman–Crippen LogP) is 3.48. The van der Waals surface area contributed by atoms with Crippen LogP contribution in [0.15, 0.2) is 28.5 Å². The summed E-state index contributed by atoms with van der Waals surface area (Å²) in [6.45, 7) is 3.49. The number of carbonyl (C=O) groups is 1. The van der Waals surface area contributed by atoms with Crippen molar-refractivity contribution in [1.29, 1.82) is 0 Å². The Kier molecular flexibility index (Phi) is 4.10. The second-order valence-electron chi connectivity index (χ2n) is 7.78. The Morgan fingerprint density at radius 3 is 2.69 bits per heavy atom. The molecule has 0 aromatic heterocycles. The number of benzene rings is 1. The standard InChI is InChI=1S/C18H23FN4O3/c1-18-9-11(10-18)15(23(18)17(25)26)16(24)12-5-4-6-13(14(12)19)20-21-22-7-2-3-8-22/h4-6,11,15-16,24H,2-3,7-10H2,1H3,(H,25,26)/b21-20+/t11?,15-,16-,18?/m0/s1. The zero-order valence-corrected chi connectivity index (χ0v) is 14.7. The van der Waals surface area contributed by atoms with Crippen LogP contribution in [0.4, 0.5) is 14.9 Å². The van der Waals surface area contributed by atoms with Crippen molar-refractivity contribution in [2.45, 2.75) is 50.3 Å². The second-order valence-corrected chi connectivity index (χ2v) is 7.78. The minimum atomic E-state index is -1.22. The van der Waals surface area contributed by atoms with E-state index in [0.29, 0.717) is 12.8 Å². The number of halogens is 1. The lowest BCUT2D eigenvalue weighted by Gasteiger charge is -2.37. The third kappa shape index (κ3) is 2.63. The summed E-state index contributed by atoms with van der Waals surface area (Å²) in [4.78, 5) is 13.0. The molecule has 3 aliphatic heterocycles. The Labute approximate surface area is 151 Å². The van der Waals surface area contributed by atoms with E-state index in [0.717, 1.165) is 25.9 Å². The van der Waals surface area contributed by atoms with E-state index in [1.165, 1.54) is 17.0 Å². The van der Waals surface area contributed by atoms with Gasteiger partial charge in [-0.2, -0.15) is 0 Å². The van der Waals surface area contributed by atoms with E-state index in [-0.39, 0.29) is 17.2 Å². The Hall–Kier alpha value is -2.22. The van der Waals surface area contributed by atoms with Crippen molar-refractivity contribution < 1.29 is 19.4 Å². The minimum Gasteiger partial charge on any atom is -0.465 e. The fraction of sp³-hybridized carbons (Fsp3) is 0.611. The first-order chi connectivity index (χ1) is 12.4. The molecule has 1 amide bonds. The number of amides is 1. The smallest absolute Gasteiger partial charge is 0.408 e. The Morgan fingerprint density at radius 1 is 1.35 bits per heavy atom. The van der Waals surface area contributed by atoms with E-state index >= 15 is 0 Å². The van der Waals surface area contributed by atoms with Gasteiger partial charge in [-0.3, -0.25) is 9.91 Å². The number of aliphatic hydroxyl groups is 1. The van der Waals surface area contributed by atoms with Crippen LogP contribution in [-0.2, 0) is 0 Å². The molecule has 2 N–H and O–H groups in total. The van der Waals surface area contributed by atoms with Crippen LogP contribution >= 0.6 is 0 Å². The SMILES string of the molecule is CC12CC(C1)[C@@H]([C@@H](O)c1cccc(/N=N/N3CCCC3)c1F)N2C(=O)O. The molecule has 4 fully saturated rings. The van der Waals surface area contributed by atoms with Crippen LogP contribution in [0.3, 0.4) is 0 Å². The van der Waals surface area contributed by atoms with Crippen molar-refractivity contribution in [2.24, 2.45) is 16.3 Å². The van der Waals surface area contributed by atoms with Gasteiger partial charge in [-0.1, -0.05) is 17.4 Å². The lowest BCUT2D eigenvalue weighted by molar-refractivity contribution is 0.0499. The topological polar surface area (TPSA) is 88.7 Å². The summed E-state index contributed by atoms with van der Waals surface area (Å²) in [6.07, 6.45) is 1.22. The van der Waals surface area contributed by atoms with E-state index in [1.807, 2.05) is 6.92 Å². The van der Waals surface area contributed by atoms with Crippen LogP contribution in [0.25, 0.3) is 0 Å².